The quantitative estimate of drug-likeness (QED) is 0.745. The molecule has 6 nitrogen and oxygen atoms in total. The lowest BCUT2D eigenvalue weighted by Gasteiger charge is -2.15. The molecule has 1 atom stereocenters. The molecule has 0 spiro atoms. The zero-order valence-corrected chi connectivity index (χ0v) is 15.1. The number of aryl methyl sites for hydroxylation is 1. The van der Waals surface area contributed by atoms with Gasteiger partial charge in [-0.25, -0.2) is 4.79 Å². The van der Waals surface area contributed by atoms with Gasteiger partial charge in [0.05, 0.1) is 12.6 Å². The van der Waals surface area contributed by atoms with E-state index >= 15 is 0 Å². The van der Waals surface area contributed by atoms with E-state index in [2.05, 4.69) is 10.6 Å². The molecule has 3 rings (SSSR count). The van der Waals surface area contributed by atoms with Gasteiger partial charge in [-0.2, -0.15) is 0 Å². The molecule has 6 heteroatoms. The van der Waals surface area contributed by atoms with Gasteiger partial charge in [0.2, 0.25) is 6.79 Å². The van der Waals surface area contributed by atoms with Gasteiger partial charge in [0.15, 0.2) is 11.5 Å². The molecule has 0 saturated heterocycles. The molecule has 1 heterocycles. The van der Waals surface area contributed by atoms with Crippen LogP contribution in [-0.2, 0) is 0 Å². The maximum absolute atomic E-state index is 12.0. The normalized spacial score (nSPS) is 13.2. The minimum atomic E-state index is -0.203. The summed E-state index contributed by atoms with van der Waals surface area (Å²) in [5.74, 6) is 2.29. The van der Waals surface area contributed by atoms with Crippen molar-refractivity contribution in [1.29, 1.82) is 0 Å². The van der Waals surface area contributed by atoms with Crippen molar-refractivity contribution in [3.63, 3.8) is 0 Å². The zero-order chi connectivity index (χ0) is 18.4. The van der Waals surface area contributed by atoms with Crippen molar-refractivity contribution in [1.82, 2.24) is 10.6 Å². The Morgan fingerprint density at radius 2 is 1.92 bits per heavy atom. The predicted molar refractivity (Wildman–Crippen MR) is 98.8 cm³/mol. The lowest BCUT2D eigenvalue weighted by molar-refractivity contribution is 0.174. The van der Waals surface area contributed by atoms with Gasteiger partial charge in [-0.3, -0.25) is 0 Å². The van der Waals surface area contributed by atoms with E-state index in [0.717, 1.165) is 23.5 Å². The molecule has 1 unspecified atom stereocenters. The number of rotatable bonds is 7. The lowest BCUT2D eigenvalue weighted by atomic mass is 10.1. The highest BCUT2D eigenvalue weighted by Crippen LogP contribution is 2.34. The molecular weight excluding hydrogens is 332 g/mol. The van der Waals surface area contributed by atoms with Crippen LogP contribution in [0.2, 0.25) is 0 Å². The fourth-order valence-corrected chi connectivity index (χ4v) is 2.61. The number of carbonyl (C=O) groups is 1. The van der Waals surface area contributed by atoms with Crippen LogP contribution >= 0.6 is 0 Å². The second-order valence-electron chi connectivity index (χ2n) is 6.25. The molecule has 138 valence electrons. The highest BCUT2D eigenvalue weighted by atomic mass is 16.7. The number of carbonyl (C=O) groups excluding carboxylic acids is 1. The van der Waals surface area contributed by atoms with Gasteiger partial charge in [0.1, 0.15) is 5.75 Å². The van der Waals surface area contributed by atoms with E-state index < -0.39 is 0 Å². The van der Waals surface area contributed by atoms with Crippen molar-refractivity contribution in [2.75, 3.05) is 19.9 Å². The standard InChI is InChI=1S/C20H24N2O4/c1-14-4-7-17(8-5-14)24-11-3-10-21-20(23)22-15(2)16-6-9-18-19(12-16)26-13-25-18/h4-9,12,15H,3,10-11,13H2,1-2H3,(H2,21,22,23). The van der Waals surface area contributed by atoms with Crippen LogP contribution in [0.1, 0.15) is 30.5 Å². The molecule has 0 aliphatic carbocycles. The van der Waals surface area contributed by atoms with Crippen molar-refractivity contribution in [3.8, 4) is 17.2 Å². The Morgan fingerprint density at radius 3 is 2.73 bits per heavy atom. The number of ether oxygens (including phenoxy) is 3. The minimum Gasteiger partial charge on any atom is -0.494 e. The first kappa shape index (κ1) is 17.9. The largest absolute Gasteiger partial charge is 0.494 e. The molecule has 2 N–H and O–H groups in total. The Kier molecular flexibility index (Phi) is 5.84. The van der Waals surface area contributed by atoms with Crippen LogP contribution in [0, 0.1) is 6.92 Å². The van der Waals surface area contributed by atoms with Crippen LogP contribution < -0.4 is 24.8 Å². The number of amides is 2. The van der Waals surface area contributed by atoms with Crippen LogP contribution in [0.5, 0.6) is 17.2 Å². The third-order valence-corrected chi connectivity index (χ3v) is 4.14. The summed E-state index contributed by atoms with van der Waals surface area (Å²) < 4.78 is 16.3. The monoisotopic (exact) mass is 356 g/mol. The van der Waals surface area contributed by atoms with Gasteiger partial charge >= 0.3 is 6.03 Å². The molecule has 0 aromatic heterocycles. The van der Waals surface area contributed by atoms with E-state index in [4.69, 9.17) is 14.2 Å². The van der Waals surface area contributed by atoms with Crippen LogP contribution in [0.4, 0.5) is 4.79 Å². The van der Waals surface area contributed by atoms with Gasteiger partial charge in [0, 0.05) is 6.54 Å². The highest BCUT2D eigenvalue weighted by molar-refractivity contribution is 5.74. The molecular formula is C20H24N2O4. The summed E-state index contributed by atoms with van der Waals surface area (Å²) in [4.78, 5) is 12.0. The van der Waals surface area contributed by atoms with Gasteiger partial charge in [-0.15, -0.1) is 0 Å². The minimum absolute atomic E-state index is 0.131. The lowest BCUT2D eigenvalue weighted by Crippen LogP contribution is -2.37. The maximum Gasteiger partial charge on any atom is 0.315 e. The number of benzene rings is 2. The van der Waals surface area contributed by atoms with Crippen molar-refractivity contribution in [2.24, 2.45) is 0 Å². The summed E-state index contributed by atoms with van der Waals surface area (Å²) in [5.41, 5.74) is 2.17. The average molecular weight is 356 g/mol. The first-order chi connectivity index (χ1) is 12.6. The van der Waals surface area contributed by atoms with Crippen molar-refractivity contribution in [3.05, 3.63) is 53.6 Å². The highest BCUT2D eigenvalue weighted by Gasteiger charge is 2.16. The third-order valence-electron chi connectivity index (χ3n) is 4.14. The van der Waals surface area contributed by atoms with Crippen LogP contribution in [0.25, 0.3) is 0 Å². The third kappa shape index (κ3) is 4.81. The van der Waals surface area contributed by atoms with E-state index in [1.807, 2.05) is 56.3 Å². The van der Waals surface area contributed by atoms with Gasteiger partial charge in [-0.1, -0.05) is 23.8 Å². The summed E-state index contributed by atoms with van der Waals surface area (Å²) in [5, 5.41) is 5.76. The average Bonchev–Trinajstić information content (AvgIpc) is 3.10. The molecule has 2 aromatic carbocycles. The summed E-state index contributed by atoms with van der Waals surface area (Å²) in [7, 11) is 0. The van der Waals surface area contributed by atoms with Crippen molar-refractivity contribution in [2.45, 2.75) is 26.3 Å². The SMILES string of the molecule is Cc1ccc(OCCCNC(=O)NC(C)c2ccc3c(c2)OCO3)cc1. The van der Waals surface area contributed by atoms with E-state index in [1.165, 1.54) is 5.56 Å². The van der Waals surface area contributed by atoms with Gasteiger partial charge in [0.25, 0.3) is 0 Å². The summed E-state index contributed by atoms with van der Waals surface area (Å²) in [6.07, 6.45) is 0.736. The predicted octanol–water partition coefficient (Wildman–Crippen LogP) is 3.55. The second-order valence-corrected chi connectivity index (χ2v) is 6.25. The molecule has 2 amide bonds. The summed E-state index contributed by atoms with van der Waals surface area (Å²) in [6.45, 7) is 5.31. The second kappa shape index (κ2) is 8.47. The van der Waals surface area contributed by atoms with Crippen LogP contribution in [0.15, 0.2) is 42.5 Å². The first-order valence-electron chi connectivity index (χ1n) is 8.75. The number of nitrogens with one attached hydrogen (secondary N) is 2. The van der Waals surface area contributed by atoms with Gasteiger partial charge in [-0.05, 0) is 50.1 Å². The Balaban J connectivity index is 1.35. The van der Waals surface area contributed by atoms with Crippen molar-refractivity contribution < 1.29 is 19.0 Å². The fraction of sp³-hybridized carbons (Fsp3) is 0.350. The Morgan fingerprint density at radius 1 is 1.15 bits per heavy atom. The van der Waals surface area contributed by atoms with E-state index in [0.29, 0.717) is 18.9 Å². The van der Waals surface area contributed by atoms with E-state index in [9.17, 15) is 4.79 Å². The van der Waals surface area contributed by atoms with Crippen molar-refractivity contribution >= 4 is 6.03 Å². The Hall–Kier alpha value is -2.89. The molecule has 1 aliphatic heterocycles. The van der Waals surface area contributed by atoms with E-state index in [-0.39, 0.29) is 18.9 Å². The zero-order valence-electron chi connectivity index (χ0n) is 15.1. The number of urea groups is 1. The fourth-order valence-electron chi connectivity index (χ4n) is 2.61. The first-order valence-corrected chi connectivity index (χ1v) is 8.75. The summed E-state index contributed by atoms with van der Waals surface area (Å²) in [6, 6.07) is 13.3. The topological polar surface area (TPSA) is 68.8 Å². The smallest absolute Gasteiger partial charge is 0.315 e. The van der Waals surface area contributed by atoms with Crippen LogP contribution in [0.3, 0.4) is 0 Å². The molecule has 0 bridgehead atoms. The van der Waals surface area contributed by atoms with E-state index in [1.54, 1.807) is 0 Å². The maximum atomic E-state index is 12.0. The Labute approximate surface area is 153 Å². The molecule has 1 aliphatic rings. The molecule has 0 fully saturated rings. The number of hydrogen-bond acceptors (Lipinski definition) is 4. The molecule has 2 aromatic rings. The number of fused-ring (bicyclic) bond motifs is 1. The molecule has 26 heavy (non-hydrogen) atoms. The molecule has 0 saturated carbocycles. The molecule has 0 radical (unpaired) electrons. The van der Waals surface area contributed by atoms with Gasteiger partial charge < -0.3 is 24.8 Å². The summed E-state index contributed by atoms with van der Waals surface area (Å²) >= 11 is 0. The Bertz CT molecular complexity index is 746. The number of hydrogen-bond donors (Lipinski definition) is 2. The van der Waals surface area contributed by atoms with Crippen LogP contribution in [-0.4, -0.2) is 26.0 Å².